The molecule has 0 amide bonds. The summed E-state index contributed by atoms with van der Waals surface area (Å²) in [5.74, 6) is 1.42. The summed E-state index contributed by atoms with van der Waals surface area (Å²) >= 11 is 3.44. The van der Waals surface area contributed by atoms with E-state index >= 15 is 0 Å². The van der Waals surface area contributed by atoms with E-state index in [2.05, 4.69) is 37.5 Å². The van der Waals surface area contributed by atoms with Crippen LogP contribution in [0.1, 0.15) is 17.3 Å². The molecule has 0 atom stereocenters. The summed E-state index contributed by atoms with van der Waals surface area (Å²) in [5, 5.41) is 6.99. The van der Waals surface area contributed by atoms with E-state index in [0.29, 0.717) is 12.3 Å². The topological polar surface area (TPSA) is 51.0 Å². The van der Waals surface area contributed by atoms with Crippen LogP contribution in [0.15, 0.2) is 33.3 Å². The second-order valence-electron chi connectivity index (χ2n) is 3.76. The van der Waals surface area contributed by atoms with Crippen molar-refractivity contribution in [3.63, 3.8) is 0 Å². The van der Waals surface area contributed by atoms with Crippen molar-refractivity contribution in [1.82, 2.24) is 15.5 Å². The fourth-order valence-electron chi connectivity index (χ4n) is 1.52. The molecule has 1 heterocycles. The second-order valence-corrected chi connectivity index (χ2v) is 4.68. The van der Waals surface area contributed by atoms with Gasteiger partial charge in [0.2, 0.25) is 5.89 Å². The zero-order valence-corrected chi connectivity index (χ0v) is 11.2. The van der Waals surface area contributed by atoms with Gasteiger partial charge in [-0.2, -0.15) is 4.98 Å². The molecule has 1 N–H and O–H groups in total. The Kier molecular flexibility index (Phi) is 4.28. The van der Waals surface area contributed by atoms with E-state index in [9.17, 15) is 0 Å². The van der Waals surface area contributed by atoms with E-state index in [1.807, 2.05) is 25.2 Å². The smallest absolute Gasteiger partial charge is 0.231 e. The molecule has 0 saturated heterocycles. The van der Waals surface area contributed by atoms with E-state index in [0.717, 1.165) is 28.8 Å². The van der Waals surface area contributed by atoms with Crippen LogP contribution in [0.3, 0.4) is 0 Å². The molecule has 0 fully saturated rings. The van der Waals surface area contributed by atoms with Gasteiger partial charge in [0.1, 0.15) is 0 Å². The van der Waals surface area contributed by atoms with Crippen molar-refractivity contribution in [1.29, 1.82) is 0 Å². The summed E-state index contributed by atoms with van der Waals surface area (Å²) in [6.45, 7) is 0.857. The monoisotopic (exact) mass is 295 g/mol. The van der Waals surface area contributed by atoms with Crippen LogP contribution in [-0.4, -0.2) is 23.7 Å². The van der Waals surface area contributed by atoms with Gasteiger partial charge in [-0.25, -0.2) is 0 Å². The minimum atomic E-state index is 0.661. The molecule has 2 aromatic rings. The second kappa shape index (κ2) is 5.93. The molecule has 0 aliphatic carbocycles. The Hall–Kier alpha value is -1.20. The van der Waals surface area contributed by atoms with E-state index in [-0.39, 0.29) is 0 Å². The van der Waals surface area contributed by atoms with Crippen molar-refractivity contribution < 1.29 is 4.52 Å². The average Bonchev–Trinajstić information content (AvgIpc) is 2.74. The van der Waals surface area contributed by atoms with Gasteiger partial charge in [-0.15, -0.1) is 0 Å². The van der Waals surface area contributed by atoms with E-state index in [1.165, 1.54) is 0 Å². The molecule has 90 valence electrons. The molecule has 0 unspecified atom stereocenters. The van der Waals surface area contributed by atoms with Gasteiger partial charge in [0, 0.05) is 17.4 Å². The van der Waals surface area contributed by atoms with E-state index in [4.69, 9.17) is 4.52 Å². The zero-order chi connectivity index (χ0) is 12.1. The van der Waals surface area contributed by atoms with Crippen LogP contribution in [0.25, 0.3) is 0 Å². The molecule has 1 aromatic carbocycles. The van der Waals surface area contributed by atoms with Crippen molar-refractivity contribution >= 4 is 15.9 Å². The highest BCUT2D eigenvalue weighted by molar-refractivity contribution is 9.10. The normalized spacial score (nSPS) is 10.7. The van der Waals surface area contributed by atoms with Gasteiger partial charge in [-0.1, -0.05) is 33.2 Å². The van der Waals surface area contributed by atoms with Gasteiger partial charge >= 0.3 is 0 Å². The zero-order valence-electron chi connectivity index (χ0n) is 9.61. The van der Waals surface area contributed by atoms with Crippen molar-refractivity contribution in [2.75, 3.05) is 13.6 Å². The lowest BCUT2D eigenvalue weighted by atomic mass is 10.1. The fraction of sp³-hybridized carbons (Fsp3) is 0.333. The van der Waals surface area contributed by atoms with Gasteiger partial charge < -0.3 is 9.84 Å². The van der Waals surface area contributed by atoms with Crippen LogP contribution < -0.4 is 5.32 Å². The average molecular weight is 296 g/mol. The van der Waals surface area contributed by atoms with Gasteiger partial charge in [-0.05, 0) is 24.7 Å². The molecule has 1 aromatic heterocycles. The Morgan fingerprint density at radius 2 is 2.29 bits per heavy atom. The highest BCUT2D eigenvalue weighted by Gasteiger charge is 2.06. The van der Waals surface area contributed by atoms with Crippen molar-refractivity contribution in [3.8, 4) is 0 Å². The highest BCUT2D eigenvalue weighted by Crippen LogP contribution is 2.14. The Balaban J connectivity index is 2.01. The van der Waals surface area contributed by atoms with E-state index < -0.39 is 0 Å². The maximum Gasteiger partial charge on any atom is 0.231 e. The third kappa shape index (κ3) is 3.64. The number of halogens is 1. The Labute approximate surface area is 109 Å². The van der Waals surface area contributed by atoms with Crippen LogP contribution >= 0.6 is 15.9 Å². The Bertz CT molecular complexity index is 484. The van der Waals surface area contributed by atoms with Crippen LogP contribution in [0.4, 0.5) is 0 Å². The molecule has 0 radical (unpaired) electrons. The summed E-state index contributed by atoms with van der Waals surface area (Å²) in [4.78, 5) is 4.34. The Morgan fingerprint density at radius 1 is 1.41 bits per heavy atom. The maximum atomic E-state index is 5.20. The van der Waals surface area contributed by atoms with Crippen molar-refractivity contribution in [2.45, 2.75) is 12.8 Å². The van der Waals surface area contributed by atoms with E-state index in [1.54, 1.807) is 0 Å². The number of hydrogen-bond acceptors (Lipinski definition) is 4. The van der Waals surface area contributed by atoms with Crippen LogP contribution in [-0.2, 0) is 12.8 Å². The van der Waals surface area contributed by atoms with Gasteiger partial charge in [0.15, 0.2) is 5.82 Å². The first-order valence-electron chi connectivity index (χ1n) is 5.48. The number of likely N-dealkylation sites (N-methyl/N-ethyl adjacent to an activating group) is 1. The van der Waals surface area contributed by atoms with Crippen molar-refractivity contribution in [3.05, 3.63) is 46.0 Å². The van der Waals surface area contributed by atoms with Crippen molar-refractivity contribution in [2.24, 2.45) is 0 Å². The van der Waals surface area contributed by atoms with Gasteiger partial charge in [0.25, 0.3) is 0 Å². The summed E-state index contributed by atoms with van der Waals surface area (Å²) in [6.07, 6.45) is 1.46. The first kappa shape index (κ1) is 12.3. The summed E-state index contributed by atoms with van der Waals surface area (Å²) < 4.78 is 6.26. The van der Waals surface area contributed by atoms with Crippen LogP contribution in [0.2, 0.25) is 0 Å². The number of benzene rings is 1. The molecule has 17 heavy (non-hydrogen) atoms. The molecule has 0 saturated carbocycles. The fourth-order valence-corrected chi connectivity index (χ4v) is 1.97. The first-order chi connectivity index (χ1) is 8.28. The molecular weight excluding hydrogens is 282 g/mol. The molecule has 0 aliphatic heterocycles. The Morgan fingerprint density at radius 3 is 3.06 bits per heavy atom. The third-order valence-electron chi connectivity index (χ3n) is 2.35. The number of hydrogen-bond donors (Lipinski definition) is 1. The predicted octanol–water partition coefficient (Wildman–Crippen LogP) is 2.18. The van der Waals surface area contributed by atoms with Gasteiger partial charge in [0.05, 0.1) is 6.42 Å². The molecule has 0 aliphatic rings. The molecule has 5 heteroatoms. The van der Waals surface area contributed by atoms with Crippen LogP contribution in [0.5, 0.6) is 0 Å². The predicted molar refractivity (Wildman–Crippen MR) is 68.9 cm³/mol. The first-order valence-corrected chi connectivity index (χ1v) is 6.28. The van der Waals surface area contributed by atoms with Crippen LogP contribution in [0, 0.1) is 0 Å². The lowest BCUT2D eigenvalue weighted by molar-refractivity contribution is 0.379. The minimum absolute atomic E-state index is 0.661. The molecule has 0 bridgehead atoms. The SMILES string of the molecule is CNCCc1noc(Cc2cccc(Br)c2)n1. The summed E-state index contributed by atoms with van der Waals surface area (Å²) in [6, 6.07) is 8.09. The molecule has 0 spiro atoms. The maximum absolute atomic E-state index is 5.20. The number of nitrogens with one attached hydrogen (secondary N) is 1. The number of nitrogens with zero attached hydrogens (tertiary/aromatic N) is 2. The highest BCUT2D eigenvalue weighted by atomic mass is 79.9. The lowest BCUT2D eigenvalue weighted by Crippen LogP contribution is -2.11. The summed E-state index contributed by atoms with van der Waals surface area (Å²) in [7, 11) is 1.91. The largest absolute Gasteiger partial charge is 0.339 e. The molecule has 4 nitrogen and oxygen atoms in total. The summed E-state index contributed by atoms with van der Waals surface area (Å²) in [5.41, 5.74) is 1.16. The third-order valence-corrected chi connectivity index (χ3v) is 2.85. The number of aromatic nitrogens is 2. The minimum Gasteiger partial charge on any atom is -0.339 e. The quantitative estimate of drug-likeness (QED) is 0.919. The lowest BCUT2D eigenvalue weighted by Gasteiger charge is -1.96. The number of rotatable bonds is 5. The standard InChI is InChI=1S/C12H14BrN3O/c1-14-6-5-11-15-12(17-16-11)8-9-3-2-4-10(13)7-9/h2-4,7,14H,5-6,8H2,1H3. The molecule has 2 rings (SSSR count). The van der Waals surface area contributed by atoms with Gasteiger partial charge in [-0.3, -0.25) is 0 Å². The molecular formula is C12H14BrN3O.